The normalized spacial score (nSPS) is 30.4. The molecular formula is C31H27BrFN3O6S2. The van der Waals surface area contributed by atoms with Crippen LogP contribution < -0.4 is 14.5 Å². The van der Waals surface area contributed by atoms with Crippen LogP contribution in [0.15, 0.2) is 56.8 Å². The molecule has 2 aromatic carbocycles. The summed E-state index contributed by atoms with van der Waals surface area (Å²) in [4.78, 5) is 60.2. The van der Waals surface area contributed by atoms with Crippen molar-refractivity contribution in [3.63, 3.8) is 0 Å². The van der Waals surface area contributed by atoms with Crippen LogP contribution in [-0.4, -0.2) is 65.8 Å². The zero-order chi connectivity index (χ0) is 30.3. The number of imide groups is 1. The number of anilines is 1. The minimum absolute atomic E-state index is 0.00395. The summed E-state index contributed by atoms with van der Waals surface area (Å²) >= 11 is 6.39. The number of carbonyl (C=O) groups is 3. The first kappa shape index (κ1) is 28.5. The third kappa shape index (κ3) is 4.41. The molecule has 9 nitrogen and oxygen atoms in total. The Morgan fingerprint density at radius 2 is 1.77 bits per heavy atom. The largest absolute Gasteiger partial charge is 0.483 e. The van der Waals surface area contributed by atoms with Crippen molar-refractivity contribution in [1.29, 1.82) is 0 Å². The van der Waals surface area contributed by atoms with Crippen molar-refractivity contribution in [2.45, 2.75) is 22.6 Å². The fourth-order valence-electron chi connectivity index (χ4n) is 8.15. The molecule has 13 heteroatoms. The highest BCUT2D eigenvalue weighted by Crippen LogP contribution is 2.69. The number of aromatic amines is 1. The van der Waals surface area contributed by atoms with E-state index in [1.54, 1.807) is 16.7 Å². The third-order valence-electron chi connectivity index (χ3n) is 9.83. The summed E-state index contributed by atoms with van der Waals surface area (Å²) in [5.41, 5.74) is 1.23. The Bertz CT molecular complexity index is 1740. The molecule has 3 aliphatic heterocycles. The number of nitrogens with zero attached hydrogens (tertiary/aromatic N) is 2. The van der Waals surface area contributed by atoms with Gasteiger partial charge in [0.25, 0.3) is 5.91 Å². The molecule has 2 saturated heterocycles. The van der Waals surface area contributed by atoms with E-state index in [0.717, 1.165) is 26.4 Å². The Labute approximate surface area is 268 Å². The third-order valence-corrected chi connectivity index (χ3v) is 12.9. The standard InChI is InChI=1S/C31H27BrFN3O6S2/c32-14-1-6-20(42-13-21(37)35-7-9-41-10-8-35)17(11-14)22-23-18-12-19(26(23)43-28-27(22)44-31(40)34-28)25-24(18)29(38)36(30(25)39)16-4-2-15(33)3-5-16/h1-6,11,18-19,22-26H,7-10,12-13H2,(H,34,40)/t18?,19?,22-,23?,24?,25?,26?/m1/s1. The molecule has 2 aliphatic carbocycles. The number of nitrogens with one attached hydrogen (secondary N) is 1. The highest BCUT2D eigenvalue weighted by Gasteiger charge is 2.69. The van der Waals surface area contributed by atoms with E-state index in [0.29, 0.717) is 37.7 Å². The van der Waals surface area contributed by atoms with Crippen molar-refractivity contribution in [1.82, 2.24) is 9.88 Å². The molecule has 228 valence electrons. The Balaban J connectivity index is 1.16. The lowest BCUT2D eigenvalue weighted by Crippen LogP contribution is -2.43. The smallest absolute Gasteiger partial charge is 0.305 e. The Morgan fingerprint density at radius 3 is 2.52 bits per heavy atom. The number of carbonyl (C=O) groups excluding carboxylic acids is 3. The molecule has 6 unspecified atom stereocenters. The van der Waals surface area contributed by atoms with E-state index in [2.05, 4.69) is 20.9 Å². The van der Waals surface area contributed by atoms with Gasteiger partial charge in [-0.1, -0.05) is 27.3 Å². The minimum atomic E-state index is -0.487. The second-order valence-electron chi connectivity index (χ2n) is 11.9. The summed E-state index contributed by atoms with van der Waals surface area (Å²) in [5, 5.41) is 0.786. The van der Waals surface area contributed by atoms with Gasteiger partial charge in [0, 0.05) is 39.2 Å². The molecular weight excluding hydrogens is 673 g/mol. The van der Waals surface area contributed by atoms with E-state index in [-0.39, 0.29) is 58.1 Å². The van der Waals surface area contributed by atoms with Gasteiger partial charge in [-0.25, -0.2) is 4.39 Å². The van der Waals surface area contributed by atoms with Gasteiger partial charge in [-0.2, -0.15) is 0 Å². The van der Waals surface area contributed by atoms with Gasteiger partial charge < -0.3 is 19.4 Å². The zero-order valence-electron chi connectivity index (χ0n) is 23.2. The Kier molecular flexibility index (Phi) is 7.00. The summed E-state index contributed by atoms with van der Waals surface area (Å²) < 4.78 is 26.1. The number of thioether (sulfide) groups is 1. The van der Waals surface area contributed by atoms with Crippen LogP contribution in [0.25, 0.3) is 0 Å². The molecule has 5 aliphatic rings. The molecule has 1 aromatic heterocycles. The maximum atomic E-state index is 14.0. The number of halogens is 2. The predicted octanol–water partition coefficient (Wildman–Crippen LogP) is 4.25. The lowest BCUT2D eigenvalue weighted by molar-refractivity contribution is -0.137. The lowest BCUT2D eigenvalue weighted by atomic mass is 9.68. The predicted molar refractivity (Wildman–Crippen MR) is 164 cm³/mol. The molecule has 3 aromatic rings. The topological polar surface area (TPSA) is 109 Å². The number of aromatic nitrogens is 1. The van der Waals surface area contributed by atoms with Crippen molar-refractivity contribution in [2.75, 3.05) is 37.8 Å². The molecule has 8 rings (SSSR count). The van der Waals surface area contributed by atoms with Crippen molar-refractivity contribution < 1.29 is 28.2 Å². The average molecular weight is 701 g/mol. The van der Waals surface area contributed by atoms with Crippen LogP contribution in [0.5, 0.6) is 5.75 Å². The molecule has 44 heavy (non-hydrogen) atoms. The van der Waals surface area contributed by atoms with Crippen LogP contribution in [0, 0.1) is 35.4 Å². The minimum Gasteiger partial charge on any atom is -0.483 e. The number of benzene rings is 2. The Hall–Kier alpha value is -3.00. The van der Waals surface area contributed by atoms with Gasteiger partial charge in [0.15, 0.2) is 6.61 Å². The zero-order valence-corrected chi connectivity index (χ0v) is 26.5. The van der Waals surface area contributed by atoms with Crippen LogP contribution in [0.2, 0.25) is 0 Å². The maximum Gasteiger partial charge on any atom is 0.305 e. The molecule has 3 amide bonds. The molecule has 0 spiro atoms. The van der Waals surface area contributed by atoms with E-state index in [4.69, 9.17) is 9.47 Å². The van der Waals surface area contributed by atoms with Gasteiger partial charge in [0.2, 0.25) is 11.8 Å². The average Bonchev–Trinajstić information content (AvgIpc) is 3.76. The second kappa shape index (κ2) is 10.8. The number of morpholine rings is 1. The van der Waals surface area contributed by atoms with Crippen molar-refractivity contribution >= 4 is 62.4 Å². The molecule has 4 heterocycles. The van der Waals surface area contributed by atoms with E-state index in [9.17, 15) is 23.6 Å². The van der Waals surface area contributed by atoms with Gasteiger partial charge in [-0.15, -0.1) is 11.8 Å². The van der Waals surface area contributed by atoms with Crippen LogP contribution in [0.1, 0.15) is 22.8 Å². The lowest BCUT2D eigenvalue weighted by Gasteiger charge is -2.43. The molecule has 4 fully saturated rings. The molecule has 7 atom stereocenters. The summed E-state index contributed by atoms with van der Waals surface area (Å²) in [6.45, 7) is 1.91. The van der Waals surface area contributed by atoms with Crippen molar-refractivity contribution in [3.8, 4) is 5.75 Å². The van der Waals surface area contributed by atoms with Gasteiger partial charge in [0.1, 0.15) is 11.6 Å². The number of hydrogen-bond donors (Lipinski definition) is 1. The van der Waals surface area contributed by atoms with Crippen molar-refractivity contribution in [3.05, 3.63) is 72.9 Å². The van der Waals surface area contributed by atoms with Crippen LogP contribution >= 0.6 is 39.0 Å². The quantitative estimate of drug-likeness (QED) is 0.397. The SMILES string of the molecule is O=C(COc1ccc(Br)cc1[C@H]1c2sc(=O)[nH]c2SC2C3CC(C4C(=O)N(c5ccc(F)cc5)C(=O)C34)C21)N1CCOCC1. The number of rotatable bonds is 5. The van der Waals surface area contributed by atoms with E-state index >= 15 is 0 Å². The van der Waals surface area contributed by atoms with Crippen LogP contribution in [-0.2, 0) is 19.1 Å². The number of ether oxygens (including phenoxy) is 2. The summed E-state index contributed by atoms with van der Waals surface area (Å²) in [6, 6.07) is 11.2. The first-order valence-electron chi connectivity index (χ1n) is 14.6. The summed E-state index contributed by atoms with van der Waals surface area (Å²) in [7, 11) is 0. The Morgan fingerprint density at radius 1 is 1.05 bits per heavy atom. The number of thiazole rings is 1. The van der Waals surface area contributed by atoms with E-state index in [1.165, 1.54) is 40.5 Å². The molecule has 2 saturated carbocycles. The number of amides is 3. The first-order chi connectivity index (χ1) is 21.3. The fraction of sp³-hybridized carbons (Fsp3) is 0.419. The molecule has 2 bridgehead atoms. The monoisotopic (exact) mass is 699 g/mol. The first-order valence-corrected chi connectivity index (χ1v) is 17.1. The van der Waals surface area contributed by atoms with Gasteiger partial charge in [0.05, 0.1) is 35.8 Å². The van der Waals surface area contributed by atoms with Gasteiger partial charge in [-0.3, -0.25) is 24.1 Å². The van der Waals surface area contributed by atoms with Crippen LogP contribution in [0.4, 0.5) is 10.1 Å². The fourth-order valence-corrected chi connectivity index (χ4v) is 11.4. The van der Waals surface area contributed by atoms with Crippen LogP contribution in [0.3, 0.4) is 0 Å². The molecule has 0 radical (unpaired) electrons. The highest BCUT2D eigenvalue weighted by atomic mass is 79.9. The summed E-state index contributed by atoms with van der Waals surface area (Å²) in [5.74, 6) is -1.88. The van der Waals surface area contributed by atoms with Gasteiger partial charge in [-0.05, 0) is 66.6 Å². The van der Waals surface area contributed by atoms with E-state index in [1.807, 2.05) is 18.2 Å². The van der Waals surface area contributed by atoms with E-state index < -0.39 is 17.7 Å². The number of H-pyrrole nitrogens is 1. The summed E-state index contributed by atoms with van der Waals surface area (Å²) in [6.07, 6.45) is 0.738. The number of hydrogen-bond acceptors (Lipinski definition) is 8. The number of fused-ring (bicyclic) bond motifs is 9. The second-order valence-corrected chi connectivity index (χ2v) is 15.0. The maximum absolute atomic E-state index is 14.0. The van der Waals surface area contributed by atoms with Gasteiger partial charge >= 0.3 is 4.87 Å². The van der Waals surface area contributed by atoms with Crippen molar-refractivity contribution in [2.24, 2.45) is 29.6 Å². The highest BCUT2D eigenvalue weighted by molar-refractivity contribution is 9.10. The molecule has 1 N–H and O–H groups in total.